The third-order valence-electron chi connectivity index (χ3n) is 3.33. The molecule has 1 unspecified atom stereocenters. The number of nitrogens with one attached hydrogen (secondary N) is 1. The molecule has 2 rings (SSSR count). The van der Waals surface area contributed by atoms with E-state index < -0.39 is 6.04 Å². The number of carbonyl (C=O) groups excluding carboxylic acids is 1. The van der Waals surface area contributed by atoms with E-state index in [0.29, 0.717) is 19.5 Å². The summed E-state index contributed by atoms with van der Waals surface area (Å²) >= 11 is 0. The van der Waals surface area contributed by atoms with Gasteiger partial charge in [0.1, 0.15) is 0 Å². The fourth-order valence-corrected chi connectivity index (χ4v) is 2.15. The standard InChI is InChI=1S/C17H21N3O/c18-11-14-7-4-8-15(9-14)12-20-17(21)16(19)10-13-5-2-1-3-6-13/h1-9,16H,10-12,18-19H2,(H,20,21). The highest BCUT2D eigenvalue weighted by atomic mass is 16.2. The van der Waals surface area contributed by atoms with Crippen molar-refractivity contribution in [1.82, 2.24) is 5.32 Å². The van der Waals surface area contributed by atoms with Crippen LogP contribution in [0.5, 0.6) is 0 Å². The third kappa shape index (κ3) is 4.70. The average Bonchev–Trinajstić information content (AvgIpc) is 2.53. The minimum atomic E-state index is -0.537. The van der Waals surface area contributed by atoms with Crippen LogP contribution in [0, 0.1) is 0 Å². The highest BCUT2D eigenvalue weighted by molar-refractivity contribution is 5.81. The lowest BCUT2D eigenvalue weighted by molar-refractivity contribution is -0.122. The van der Waals surface area contributed by atoms with Crippen molar-refractivity contribution in [2.45, 2.75) is 25.6 Å². The van der Waals surface area contributed by atoms with Crippen molar-refractivity contribution in [2.24, 2.45) is 11.5 Å². The second-order valence-electron chi connectivity index (χ2n) is 5.04. The molecular formula is C17H21N3O. The molecule has 0 saturated heterocycles. The van der Waals surface area contributed by atoms with Gasteiger partial charge in [0.05, 0.1) is 6.04 Å². The van der Waals surface area contributed by atoms with Gasteiger partial charge in [-0.1, -0.05) is 54.6 Å². The minimum absolute atomic E-state index is 0.142. The maximum Gasteiger partial charge on any atom is 0.237 e. The lowest BCUT2D eigenvalue weighted by Crippen LogP contribution is -2.41. The van der Waals surface area contributed by atoms with Crippen LogP contribution in [0.15, 0.2) is 54.6 Å². The molecule has 4 nitrogen and oxygen atoms in total. The quantitative estimate of drug-likeness (QED) is 0.748. The summed E-state index contributed by atoms with van der Waals surface area (Å²) in [4.78, 5) is 12.0. The Balaban J connectivity index is 1.86. The van der Waals surface area contributed by atoms with Crippen LogP contribution in [0.3, 0.4) is 0 Å². The molecule has 0 aliphatic carbocycles. The van der Waals surface area contributed by atoms with E-state index in [-0.39, 0.29) is 5.91 Å². The Morgan fingerprint density at radius 2 is 1.67 bits per heavy atom. The number of rotatable bonds is 6. The molecule has 0 saturated carbocycles. The highest BCUT2D eigenvalue weighted by Crippen LogP contribution is 2.05. The molecular weight excluding hydrogens is 262 g/mol. The summed E-state index contributed by atoms with van der Waals surface area (Å²) in [7, 11) is 0. The zero-order chi connectivity index (χ0) is 15.1. The molecule has 4 heteroatoms. The van der Waals surface area contributed by atoms with Crippen molar-refractivity contribution in [1.29, 1.82) is 0 Å². The SMILES string of the molecule is NCc1cccc(CNC(=O)C(N)Cc2ccccc2)c1. The van der Waals surface area contributed by atoms with Crippen molar-refractivity contribution < 1.29 is 4.79 Å². The first-order valence-corrected chi connectivity index (χ1v) is 7.04. The van der Waals surface area contributed by atoms with E-state index in [1.54, 1.807) is 0 Å². The number of nitrogens with two attached hydrogens (primary N) is 2. The van der Waals surface area contributed by atoms with E-state index in [4.69, 9.17) is 11.5 Å². The predicted octanol–water partition coefficient (Wildman–Crippen LogP) is 1.33. The Hall–Kier alpha value is -2.17. The van der Waals surface area contributed by atoms with Gasteiger partial charge in [-0.25, -0.2) is 0 Å². The summed E-state index contributed by atoms with van der Waals surface area (Å²) in [6, 6.07) is 17.1. The Bertz CT molecular complexity index is 584. The molecule has 0 bridgehead atoms. The number of carbonyl (C=O) groups is 1. The molecule has 1 atom stereocenters. The van der Waals surface area contributed by atoms with Crippen molar-refractivity contribution in [3.8, 4) is 0 Å². The Labute approximate surface area is 125 Å². The van der Waals surface area contributed by atoms with Gasteiger partial charge in [-0.2, -0.15) is 0 Å². The molecule has 21 heavy (non-hydrogen) atoms. The summed E-state index contributed by atoms with van der Waals surface area (Å²) in [5, 5.41) is 2.87. The molecule has 0 spiro atoms. The maximum absolute atomic E-state index is 12.0. The van der Waals surface area contributed by atoms with Gasteiger partial charge in [-0.3, -0.25) is 4.79 Å². The molecule has 2 aromatic carbocycles. The van der Waals surface area contributed by atoms with Crippen LogP contribution in [0.2, 0.25) is 0 Å². The molecule has 1 amide bonds. The molecule has 0 fully saturated rings. The highest BCUT2D eigenvalue weighted by Gasteiger charge is 2.13. The van der Waals surface area contributed by atoms with E-state index in [0.717, 1.165) is 16.7 Å². The van der Waals surface area contributed by atoms with Gasteiger partial charge >= 0.3 is 0 Å². The normalized spacial score (nSPS) is 11.9. The number of benzene rings is 2. The number of amides is 1. The third-order valence-corrected chi connectivity index (χ3v) is 3.33. The zero-order valence-electron chi connectivity index (χ0n) is 12.0. The summed E-state index contributed by atoms with van der Waals surface area (Å²) in [6.07, 6.45) is 0.537. The van der Waals surface area contributed by atoms with Gasteiger partial charge in [0.25, 0.3) is 0 Å². The lowest BCUT2D eigenvalue weighted by atomic mass is 10.1. The molecule has 2 aromatic rings. The van der Waals surface area contributed by atoms with Crippen molar-refractivity contribution in [3.63, 3.8) is 0 Å². The van der Waals surface area contributed by atoms with E-state index in [1.807, 2.05) is 54.6 Å². The predicted molar refractivity (Wildman–Crippen MR) is 84.3 cm³/mol. The second kappa shape index (κ2) is 7.57. The van der Waals surface area contributed by atoms with Crippen LogP contribution >= 0.6 is 0 Å². The average molecular weight is 283 g/mol. The van der Waals surface area contributed by atoms with Crippen LogP contribution in [0.25, 0.3) is 0 Å². The first-order valence-electron chi connectivity index (χ1n) is 7.04. The molecule has 0 aromatic heterocycles. The van der Waals surface area contributed by atoms with Crippen molar-refractivity contribution in [2.75, 3.05) is 0 Å². The summed E-state index contributed by atoms with van der Waals surface area (Å²) < 4.78 is 0. The molecule has 5 N–H and O–H groups in total. The molecule has 0 aliphatic heterocycles. The second-order valence-corrected chi connectivity index (χ2v) is 5.04. The molecule has 0 aliphatic rings. The minimum Gasteiger partial charge on any atom is -0.351 e. The smallest absolute Gasteiger partial charge is 0.237 e. The van der Waals surface area contributed by atoms with Crippen LogP contribution in [-0.4, -0.2) is 11.9 Å². The fraction of sp³-hybridized carbons (Fsp3) is 0.235. The van der Waals surface area contributed by atoms with Crippen LogP contribution < -0.4 is 16.8 Å². The van der Waals surface area contributed by atoms with E-state index in [9.17, 15) is 4.79 Å². The summed E-state index contributed by atoms with van der Waals surface area (Å²) in [5.41, 5.74) is 14.7. The van der Waals surface area contributed by atoms with E-state index in [2.05, 4.69) is 5.32 Å². The van der Waals surface area contributed by atoms with Gasteiger partial charge in [0.15, 0.2) is 0 Å². The van der Waals surface area contributed by atoms with E-state index in [1.165, 1.54) is 0 Å². The topological polar surface area (TPSA) is 81.1 Å². The molecule has 0 radical (unpaired) electrons. The Morgan fingerprint density at radius 3 is 2.38 bits per heavy atom. The van der Waals surface area contributed by atoms with E-state index >= 15 is 0 Å². The van der Waals surface area contributed by atoms with Gasteiger partial charge in [-0.05, 0) is 23.1 Å². The largest absolute Gasteiger partial charge is 0.351 e. The van der Waals surface area contributed by atoms with Gasteiger partial charge in [0.2, 0.25) is 5.91 Å². The Kier molecular flexibility index (Phi) is 5.49. The maximum atomic E-state index is 12.0. The summed E-state index contributed by atoms with van der Waals surface area (Å²) in [6.45, 7) is 0.963. The molecule has 0 heterocycles. The van der Waals surface area contributed by atoms with Crippen molar-refractivity contribution >= 4 is 5.91 Å². The summed E-state index contributed by atoms with van der Waals surface area (Å²) in [5.74, 6) is -0.142. The van der Waals surface area contributed by atoms with Gasteiger partial charge < -0.3 is 16.8 Å². The lowest BCUT2D eigenvalue weighted by Gasteiger charge is -2.12. The van der Waals surface area contributed by atoms with Gasteiger partial charge in [0, 0.05) is 13.1 Å². The number of hydrogen-bond acceptors (Lipinski definition) is 3. The number of hydrogen-bond donors (Lipinski definition) is 3. The monoisotopic (exact) mass is 283 g/mol. The first-order chi connectivity index (χ1) is 10.2. The first kappa shape index (κ1) is 15.2. The van der Waals surface area contributed by atoms with Crippen LogP contribution in [-0.2, 0) is 24.3 Å². The fourth-order valence-electron chi connectivity index (χ4n) is 2.15. The van der Waals surface area contributed by atoms with Crippen molar-refractivity contribution in [3.05, 3.63) is 71.3 Å². The van der Waals surface area contributed by atoms with Gasteiger partial charge in [-0.15, -0.1) is 0 Å². The molecule has 110 valence electrons. The Morgan fingerprint density at radius 1 is 1.00 bits per heavy atom. The van der Waals surface area contributed by atoms with Crippen LogP contribution in [0.4, 0.5) is 0 Å². The van der Waals surface area contributed by atoms with Crippen LogP contribution in [0.1, 0.15) is 16.7 Å². The zero-order valence-corrected chi connectivity index (χ0v) is 12.0.